The monoisotopic (exact) mass is 503 g/mol. The number of nitrogens with zero attached hydrogens (tertiary/aromatic N) is 1. The smallest absolute Gasteiger partial charge is 0.328 e. The molecule has 0 bridgehead atoms. The van der Waals surface area contributed by atoms with Crippen molar-refractivity contribution in [3.05, 3.63) is 47.7 Å². The van der Waals surface area contributed by atoms with Crippen LogP contribution >= 0.6 is 0 Å². The molecule has 1 aromatic carbocycles. The molecule has 6 atom stereocenters. The maximum Gasteiger partial charge on any atom is 0.328 e. The minimum Gasteiger partial charge on any atom is -0.547 e. The van der Waals surface area contributed by atoms with E-state index in [0.717, 1.165) is 11.3 Å². The van der Waals surface area contributed by atoms with Gasteiger partial charge < -0.3 is 23.7 Å². The fraction of sp³-hybridized carbons (Fsp3) is 0.667. The lowest BCUT2D eigenvalue weighted by Crippen LogP contribution is -2.53. The molecule has 4 rings (SSSR count). The molecule has 3 aliphatic rings. The first-order chi connectivity index (χ1) is 16.1. The summed E-state index contributed by atoms with van der Waals surface area (Å²) >= 11 is 0. The fourth-order valence-corrected chi connectivity index (χ4v) is 5.62. The summed E-state index contributed by atoms with van der Waals surface area (Å²) in [5.74, 6) is 0.542. The number of carbonyl (C=O) groups is 1. The van der Waals surface area contributed by atoms with E-state index in [1.165, 1.54) is 0 Å². The fourth-order valence-electron chi connectivity index (χ4n) is 4.52. The Morgan fingerprint density at radius 2 is 1.80 bits per heavy atom. The van der Waals surface area contributed by atoms with Crippen LogP contribution in [0.3, 0.4) is 0 Å². The van der Waals surface area contributed by atoms with Gasteiger partial charge in [0.25, 0.3) is 0 Å². The lowest BCUT2D eigenvalue weighted by Gasteiger charge is -2.42. The van der Waals surface area contributed by atoms with Crippen LogP contribution in [-0.2, 0) is 23.4 Å². The van der Waals surface area contributed by atoms with E-state index in [1.807, 2.05) is 51.1 Å². The quantitative estimate of drug-likeness (QED) is 0.359. The summed E-state index contributed by atoms with van der Waals surface area (Å²) in [7, 11) is -2.15. The molecule has 2 saturated heterocycles. The van der Waals surface area contributed by atoms with Gasteiger partial charge in [-0.15, -0.1) is 0 Å². The number of rotatable bonds is 5. The van der Waals surface area contributed by atoms with E-state index in [4.69, 9.17) is 18.6 Å². The first-order valence-electron chi connectivity index (χ1n) is 12.5. The third kappa shape index (κ3) is 5.37. The SMILES string of the molecule is CC(C)(C)OC(=O)[C@@]12CC(O[Si](C)(C)C(C)(C)C)=C[C@H]([C@@H]3O[C@H](c4ccccc4)OC[C@H]3O)N1C2. The number of aliphatic hydroxyl groups is 1. The summed E-state index contributed by atoms with van der Waals surface area (Å²) < 4.78 is 24.7. The molecule has 8 heteroatoms. The van der Waals surface area contributed by atoms with Crippen molar-refractivity contribution in [2.75, 3.05) is 13.2 Å². The number of carbonyl (C=O) groups excluding carboxylic acids is 1. The van der Waals surface area contributed by atoms with E-state index in [9.17, 15) is 9.90 Å². The highest BCUT2D eigenvalue weighted by Gasteiger charge is 2.66. The van der Waals surface area contributed by atoms with E-state index in [-0.39, 0.29) is 23.7 Å². The molecule has 0 radical (unpaired) electrons. The molecule has 0 saturated carbocycles. The number of aliphatic hydroxyl groups excluding tert-OH is 1. The highest BCUT2D eigenvalue weighted by Crippen LogP contribution is 2.50. The predicted molar refractivity (Wildman–Crippen MR) is 136 cm³/mol. The molecule has 0 spiro atoms. The third-order valence-corrected chi connectivity index (χ3v) is 11.9. The third-order valence-electron chi connectivity index (χ3n) is 7.52. The highest BCUT2D eigenvalue weighted by molar-refractivity contribution is 6.74. The normalized spacial score (nSPS) is 33.4. The molecular formula is C27H41NO6Si. The van der Waals surface area contributed by atoms with Crippen LogP contribution in [0.4, 0.5) is 0 Å². The van der Waals surface area contributed by atoms with Crippen LogP contribution in [-0.4, -0.2) is 66.8 Å². The first kappa shape index (κ1) is 26.4. The van der Waals surface area contributed by atoms with Gasteiger partial charge in [-0.2, -0.15) is 0 Å². The van der Waals surface area contributed by atoms with Crippen LogP contribution in [0.15, 0.2) is 42.2 Å². The van der Waals surface area contributed by atoms with Gasteiger partial charge in [0, 0.05) is 18.5 Å². The lowest BCUT2D eigenvalue weighted by molar-refractivity contribution is -0.264. The Labute approximate surface area is 210 Å². The van der Waals surface area contributed by atoms with Crippen molar-refractivity contribution in [3.63, 3.8) is 0 Å². The molecule has 3 heterocycles. The Kier molecular flexibility index (Phi) is 6.77. The van der Waals surface area contributed by atoms with E-state index >= 15 is 0 Å². The molecule has 0 amide bonds. The van der Waals surface area contributed by atoms with Crippen molar-refractivity contribution < 1.29 is 28.5 Å². The van der Waals surface area contributed by atoms with Gasteiger partial charge in [-0.25, -0.2) is 4.79 Å². The Balaban J connectivity index is 1.65. The summed E-state index contributed by atoms with van der Waals surface area (Å²) in [5, 5.41) is 10.9. The second-order valence-electron chi connectivity index (χ2n) is 12.6. The van der Waals surface area contributed by atoms with E-state index < -0.39 is 38.0 Å². The summed E-state index contributed by atoms with van der Waals surface area (Å²) in [5.41, 5.74) is -0.496. The van der Waals surface area contributed by atoms with Crippen molar-refractivity contribution in [3.8, 4) is 0 Å². The second-order valence-corrected chi connectivity index (χ2v) is 17.3. The van der Waals surface area contributed by atoms with Crippen LogP contribution in [0.1, 0.15) is 59.8 Å². The summed E-state index contributed by atoms with van der Waals surface area (Å²) in [6, 6.07) is 9.38. The summed E-state index contributed by atoms with van der Waals surface area (Å²) in [4.78, 5) is 15.5. The van der Waals surface area contributed by atoms with Crippen molar-refractivity contribution >= 4 is 14.3 Å². The van der Waals surface area contributed by atoms with Crippen molar-refractivity contribution in [2.24, 2.45) is 0 Å². The maximum absolute atomic E-state index is 13.4. The van der Waals surface area contributed by atoms with Gasteiger partial charge in [0.2, 0.25) is 8.32 Å². The first-order valence-corrected chi connectivity index (χ1v) is 15.4. The Bertz CT molecular complexity index is 966. The Morgan fingerprint density at radius 1 is 1.14 bits per heavy atom. The zero-order chi connectivity index (χ0) is 25.8. The Morgan fingerprint density at radius 3 is 2.40 bits per heavy atom. The zero-order valence-electron chi connectivity index (χ0n) is 22.3. The summed E-state index contributed by atoms with van der Waals surface area (Å²) in [6.07, 6.45) is 0.529. The lowest BCUT2D eigenvalue weighted by atomic mass is 9.94. The topological polar surface area (TPSA) is 77.2 Å². The van der Waals surface area contributed by atoms with Gasteiger partial charge in [-0.3, -0.25) is 4.90 Å². The number of hydrogen-bond acceptors (Lipinski definition) is 7. The van der Waals surface area contributed by atoms with E-state index in [2.05, 4.69) is 44.8 Å². The molecule has 0 aromatic heterocycles. The van der Waals surface area contributed by atoms with Crippen LogP contribution in [0.2, 0.25) is 18.1 Å². The predicted octanol–water partition coefficient (Wildman–Crippen LogP) is 4.54. The molecule has 2 fully saturated rings. The molecule has 194 valence electrons. The van der Waals surface area contributed by atoms with Crippen LogP contribution < -0.4 is 0 Å². The van der Waals surface area contributed by atoms with Crippen LogP contribution in [0, 0.1) is 0 Å². The molecule has 1 unspecified atom stereocenters. The maximum atomic E-state index is 13.4. The molecule has 0 aliphatic carbocycles. The highest BCUT2D eigenvalue weighted by atomic mass is 28.4. The Hall–Kier alpha value is -1.71. The van der Waals surface area contributed by atoms with Crippen molar-refractivity contribution in [2.45, 2.75) is 102 Å². The standard InChI is InChI=1S/C27H41NO6Si/c1-25(2,3)33-24(30)27-15-19(34-35(7,8)26(4,5)6)14-20(28(27)17-27)22-21(29)16-31-23(32-22)18-12-10-9-11-13-18/h9-14,20-23,29H,15-17H2,1-8H3/t20-,21-,22+,23-,27+,28?/m1/s1. The van der Waals surface area contributed by atoms with E-state index in [1.54, 1.807) is 0 Å². The molecule has 1 aromatic rings. The van der Waals surface area contributed by atoms with Gasteiger partial charge in [-0.1, -0.05) is 51.1 Å². The van der Waals surface area contributed by atoms with Gasteiger partial charge >= 0.3 is 5.97 Å². The number of esters is 1. The van der Waals surface area contributed by atoms with Crippen molar-refractivity contribution in [1.82, 2.24) is 4.90 Å². The van der Waals surface area contributed by atoms with Gasteiger partial charge in [0.1, 0.15) is 23.3 Å². The van der Waals surface area contributed by atoms with Crippen LogP contribution in [0.5, 0.6) is 0 Å². The average Bonchev–Trinajstić information content (AvgIpc) is 3.48. The molecule has 7 nitrogen and oxygen atoms in total. The number of ether oxygens (including phenoxy) is 3. The molecule has 1 N–H and O–H groups in total. The largest absolute Gasteiger partial charge is 0.547 e. The van der Waals surface area contributed by atoms with E-state index in [0.29, 0.717) is 13.0 Å². The van der Waals surface area contributed by atoms with Crippen molar-refractivity contribution in [1.29, 1.82) is 0 Å². The molecule has 3 aliphatic heterocycles. The second kappa shape index (κ2) is 8.99. The number of benzene rings is 1. The van der Waals surface area contributed by atoms with Gasteiger partial charge in [-0.05, 0) is 45.0 Å². The summed E-state index contributed by atoms with van der Waals surface area (Å²) in [6.45, 7) is 17.3. The number of fused-ring (bicyclic) bond motifs is 1. The van der Waals surface area contributed by atoms with Gasteiger partial charge in [0.15, 0.2) is 6.29 Å². The number of hydrogen-bond donors (Lipinski definition) is 1. The van der Waals surface area contributed by atoms with Gasteiger partial charge in [0.05, 0.1) is 18.4 Å². The van der Waals surface area contributed by atoms with Crippen LogP contribution in [0.25, 0.3) is 0 Å². The molecule has 35 heavy (non-hydrogen) atoms. The zero-order valence-corrected chi connectivity index (χ0v) is 23.3. The minimum absolute atomic E-state index is 0.0101. The molecular weight excluding hydrogens is 462 g/mol. The average molecular weight is 504 g/mol. The minimum atomic E-state index is -2.15.